The van der Waals surface area contributed by atoms with Crippen LogP contribution in [0.15, 0.2) is 0 Å². The van der Waals surface area contributed by atoms with Gasteiger partial charge in [0.05, 0.1) is 24.4 Å². The normalized spacial score (nSPS) is 56.5. The molecule has 0 aliphatic heterocycles. The van der Waals surface area contributed by atoms with Gasteiger partial charge in [0.1, 0.15) is 0 Å². The van der Waals surface area contributed by atoms with E-state index in [-0.39, 0.29) is 24.7 Å². The molecule has 0 spiro atoms. The van der Waals surface area contributed by atoms with E-state index in [0.717, 1.165) is 0 Å². The number of hydrogen-bond donors (Lipinski definition) is 4. The van der Waals surface area contributed by atoms with Crippen LogP contribution in [0.5, 0.6) is 0 Å². The number of rotatable bonds is 2. The summed E-state index contributed by atoms with van der Waals surface area (Å²) in [6, 6.07) is 0. The van der Waals surface area contributed by atoms with Gasteiger partial charge in [-0.15, -0.1) is 12.2 Å². The molecule has 4 N–H and O–H groups in total. The molecule has 0 saturated heterocycles. The van der Waals surface area contributed by atoms with Crippen molar-refractivity contribution in [1.29, 1.82) is 0 Å². The Bertz CT molecular complexity index is 347. The van der Waals surface area contributed by atoms with Gasteiger partial charge in [-0.3, -0.25) is 0 Å². The predicted octanol–water partition coefficient (Wildman–Crippen LogP) is -2.27. The maximum atomic E-state index is 12.6. The van der Waals surface area contributed by atoms with Gasteiger partial charge in [0.15, 0.2) is 0 Å². The Balaban J connectivity index is 1.64. The van der Waals surface area contributed by atoms with Gasteiger partial charge in [0.25, 0.3) is 0 Å². The molecule has 3 saturated carbocycles. The second-order valence-corrected chi connectivity index (χ2v) is 7.48. The lowest BCUT2D eigenvalue weighted by Crippen LogP contribution is -2.73. The molecule has 0 radical (unpaired) electrons. The molecule has 0 aromatic carbocycles. The molecule has 6 unspecified atom stereocenters. The van der Waals surface area contributed by atoms with E-state index in [4.69, 9.17) is 0 Å². The molecule has 6 heteroatoms. The first-order valence-electron chi connectivity index (χ1n) is 8.44. The van der Waals surface area contributed by atoms with E-state index < -0.39 is 48.5 Å². The van der Waals surface area contributed by atoms with Gasteiger partial charge >= 0.3 is 0 Å². The standard InChI is InChI=1S/C16H26O6/c17-7-1-3-9(11(19)5-7)13-15(21)14(16(13)22)10-4-2-8(18)6-12(10)20/h7-20H,1-6H2/q-2. The summed E-state index contributed by atoms with van der Waals surface area (Å²) in [5.74, 6) is -1.86. The second-order valence-electron chi connectivity index (χ2n) is 7.48. The molecule has 3 aliphatic carbocycles. The van der Waals surface area contributed by atoms with Crippen molar-refractivity contribution in [2.45, 2.75) is 75.1 Å². The molecular weight excluding hydrogens is 288 g/mol. The third kappa shape index (κ3) is 2.81. The van der Waals surface area contributed by atoms with E-state index in [0.29, 0.717) is 25.7 Å². The van der Waals surface area contributed by atoms with Gasteiger partial charge in [-0.05, 0) is 50.4 Å². The molecule has 22 heavy (non-hydrogen) atoms. The molecule has 128 valence electrons. The maximum Gasteiger partial charge on any atom is 0.0594 e. The van der Waals surface area contributed by atoms with E-state index in [9.17, 15) is 30.6 Å². The lowest BCUT2D eigenvalue weighted by Gasteiger charge is -2.68. The Labute approximate surface area is 130 Å². The van der Waals surface area contributed by atoms with Crippen LogP contribution in [0.3, 0.4) is 0 Å². The lowest BCUT2D eigenvalue weighted by atomic mass is 9.54. The van der Waals surface area contributed by atoms with E-state index in [1.54, 1.807) is 0 Å². The quantitative estimate of drug-likeness (QED) is 0.455. The van der Waals surface area contributed by atoms with Crippen LogP contribution in [-0.2, 0) is 0 Å². The van der Waals surface area contributed by atoms with Crippen molar-refractivity contribution in [2.24, 2.45) is 23.7 Å². The molecule has 3 aliphatic rings. The fourth-order valence-electron chi connectivity index (χ4n) is 4.91. The monoisotopic (exact) mass is 314 g/mol. The van der Waals surface area contributed by atoms with Crippen LogP contribution in [0.25, 0.3) is 0 Å². The SMILES string of the molecule is [O-]C1C(C2CCC(O)CC2O)C([O-])C1C1CCC(O)CC1O. The van der Waals surface area contributed by atoms with E-state index in [1.807, 2.05) is 0 Å². The zero-order chi connectivity index (χ0) is 16.0. The first-order chi connectivity index (χ1) is 10.4. The zero-order valence-corrected chi connectivity index (χ0v) is 12.6. The highest BCUT2D eigenvalue weighted by Crippen LogP contribution is 2.48. The van der Waals surface area contributed by atoms with E-state index in [1.165, 1.54) is 0 Å². The first-order valence-corrected chi connectivity index (χ1v) is 8.44. The highest BCUT2D eigenvalue weighted by Gasteiger charge is 2.49. The Hall–Kier alpha value is -0.240. The Morgan fingerprint density at radius 1 is 0.591 bits per heavy atom. The summed E-state index contributed by atoms with van der Waals surface area (Å²) in [5, 5.41) is 64.4. The molecule has 3 rings (SSSR count). The molecule has 6 nitrogen and oxygen atoms in total. The Morgan fingerprint density at radius 2 is 0.955 bits per heavy atom. The van der Waals surface area contributed by atoms with Crippen LogP contribution >= 0.6 is 0 Å². The minimum absolute atomic E-state index is 0.240. The van der Waals surface area contributed by atoms with E-state index >= 15 is 0 Å². The number of hydrogen-bond acceptors (Lipinski definition) is 6. The summed E-state index contributed by atoms with van der Waals surface area (Å²) < 4.78 is 0. The van der Waals surface area contributed by atoms with Crippen molar-refractivity contribution in [1.82, 2.24) is 0 Å². The highest BCUT2D eigenvalue weighted by atomic mass is 16.3. The topological polar surface area (TPSA) is 127 Å². The Kier molecular flexibility index (Phi) is 4.79. The fourth-order valence-corrected chi connectivity index (χ4v) is 4.91. The van der Waals surface area contributed by atoms with Crippen molar-refractivity contribution in [3.63, 3.8) is 0 Å². The summed E-state index contributed by atoms with van der Waals surface area (Å²) in [4.78, 5) is 0. The zero-order valence-electron chi connectivity index (χ0n) is 12.6. The maximum absolute atomic E-state index is 12.6. The average Bonchev–Trinajstić information content (AvgIpc) is 2.45. The van der Waals surface area contributed by atoms with Crippen molar-refractivity contribution in [3.8, 4) is 0 Å². The number of aliphatic hydroxyl groups is 4. The number of aliphatic hydroxyl groups excluding tert-OH is 4. The van der Waals surface area contributed by atoms with Crippen molar-refractivity contribution in [2.75, 3.05) is 0 Å². The van der Waals surface area contributed by atoms with Crippen LogP contribution in [0, 0.1) is 23.7 Å². The van der Waals surface area contributed by atoms with Crippen LogP contribution < -0.4 is 10.2 Å². The second kappa shape index (κ2) is 6.34. The smallest absolute Gasteiger partial charge is 0.0594 e. The molecule has 0 aromatic rings. The molecule has 0 bridgehead atoms. The molecular formula is C16H26O6-2. The first kappa shape index (κ1) is 16.6. The molecule has 0 heterocycles. The fraction of sp³-hybridized carbons (Fsp3) is 1.00. The minimum Gasteiger partial charge on any atom is -0.852 e. The predicted molar refractivity (Wildman–Crippen MR) is 73.3 cm³/mol. The lowest BCUT2D eigenvalue weighted by molar-refractivity contribution is -0.575. The van der Waals surface area contributed by atoms with Gasteiger partial charge in [-0.1, -0.05) is 11.8 Å². The summed E-state index contributed by atoms with van der Waals surface area (Å²) >= 11 is 0. The van der Waals surface area contributed by atoms with Gasteiger partial charge in [0.2, 0.25) is 0 Å². The van der Waals surface area contributed by atoms with Crippen LogP contribution in [0.2, 0.25) is 0 Å². The molecule has 3 fully saturated rings. The van der Waals surface area contributed by atoms with Gasteiger partial charge < -0.3 is 30.6 Å². The van der Waals surface area contributed by atoms with E-state index in [2.05, 4.69) is 0 Å². The summed E-state index contributed by atoms with van der Waals surface area (Å²) in [6.07, 6.45) is -2.17. The third-order valence-electron chi connectivity index (χ3n) is 6.19. The molecule has 0 aromatic heterocycles. The third-order valence-corrected chi connectivity index (χ3v) is 6.19. The van der Waals surface area contributed by atoms with Crippen LogP contribution in [0.4, 0.5) is 0 Å². The van der Waals surface area contributed by atoms with Crippen molar-refractivity contribution < 1.29 is 30.6 Å². The highest BCUT2D eigenvalue weighted by molar-refractivity contribution is 5.05. The minimum atomic E-state index is -1.05. The van der Waals surface area contributed by atoms with Gasteiger partial charge in [-0.2, -0.15) is 0 Å². The summed E-state index contributed by atoms with van der Waals surface area (Å²) in [7, 11) is 0. The average molecular weight is 314 g/mol. The van der Waals surface area contributed by atoms with Gasteiger partial charge in [-0.25, -0.2) is 0 Å². The van der Waals surface area contributed by atoms with Gasteiger partial charge in [0, 0.05) is 0 Å². The Morgan fingerprint density at radius 3 is 1.27 bits per heavy atom. The van der Waals surface area contributed by atoms with Crippen LogP contribution in [0.1, 0.15) is 38.5 Å². The van der Waals surface area contributed by atoms with Crippen molar-refractivity contribution in [3.05, 3.63) is 0 Å². The largest absolute Gasteiger partial charge is 0.852 e. The summed E-state index contributed by atoms with van der Waals surface area (Å²) in [6.45, 7) is 0. The van der Waals surface area contributed by atoms with Crippen molar-refractivity contribution >= 4 is 0 Å². The molecule has 0 amide bonds. The van der Waals surface area contributed by atoms with Crippen LogP contribution in [-0.4, -0.2) is 57.0 Å². The molecule has 6 atom stereocenters. The summed E-state index contributed by atoms with van der Waals surface area (Å²) in [5.41, 5.74) is 0.